The summed E-state index contributed by atoms with van der Waals surface area (Å²) >= 11 is 0. The summed E-state index contributed by atoms with van der Waals surface area (Å²) in [6, 6.07) is 15.7. The van der Waals surface area contributed by atoms with Gasteiger partial charge in [0, 0.05) is 17.2 Å². The maximum atomic E-state index is 14.5. The van der Waals surface area contributed by atoms with Crippen LogP contribution in [-0.2, 0) is 6.42 Å². The first kappa shape index (κ1) is 17.3. The van der Waals surface area contributed by atoms with Crippen molar-refractivity contribution in [2.24, 2.45) is 0 Å². The molecule has 128 valence electrons. The quantitative estimate of drug-likeness (QED) is 0.480. The minimum absolute atomic E-state index is 0.182. The summed E-state index contributed by atoms with van der Waals surface area (Å²) in [7, 11) is 0. The maximum Gasteiger partial charge on any atom is 0.133 e. The molecule has 25 heavy (non-hydrogen) atoms. The summed E-state index contributed by atoms with van der Waals surface area (Å²) in [4.78, 5) is 0. The molecule has 0 saturated heterocycles. The summed E-state index contributed by atoms with van der Waals surface area (Å²) < 4.78 is 41.4. The van der Waals surface area contributed by atoms with Gasteiger partial charge in [-0.3, -0.25) is 0 Å². The summed E-state index contributed by atoms with van der Waals surface area (Å²) in [6.45, 7) is 2.15. The van der Waals surface area contributed by atoms with E-state index in [4.69, 9.17) is 0 Å². The van der Waals surface area contributed by atoms with Gasteiger partial charge in [0.15, 0.2) is 0 Å². The molecule has 0 atom stereocenters. The Labute approximate surface area is 146 Å². The minimum atomic E-state index is -0.701. The Morgan fingerprint density at radius 3 is 1.92 bits per heavy atom. The first-order valence-corrected chi connectivity index (χ1v) is 8.43. The first-order valence-electron chi connectivity index (χ1n) is 8.43. The summed E-state index contributed by atoms with van der Waals surface area (Å²) in [5.74, 6) is -1.78. The summed E-state index contributed by atoms with van der Waals surface area (Å²) in [5.41, 5.74) is 3.05. The van der Waals surface area contributed by atoms with Crippen molar-refractivity contribution in [3.63, 3.8) is 0 Å². The van der Waals surface area contributed by atoms with E-state index in [0.29, 0.717) is 11.1 Å². The van der Waals surface area contributed by atoms with Crippen molar-refractivity contribution in [3.05, 3.63) is 83.7 Å². The molecule has 0 spiro atoms. The number of hydrogen-bond donors (Lipinski definition) is 0. The van der Waals surface area contributed by atoms with Crippen molar-refractivity contribution in [1.82, 2.24) is 0 Å². The lowest BCUT2D eigenvalue weighted by atomic mass is 9.98. The highest BCUT2D eigenvalue weighted by atomic mass is 19.1. The van der Waals surface area contributed by atoms with Gasteiger partial charge in [-0.15, -0.1) is 0 Å². The normalized spacial score (nSPS) is 10.9. The molecular weight excluding hydrogens is 321 g/mol. The van der Waals surface area contributed by atoms with E-state index in [0.717, 1.165) is 30.9 Å². The second-order valence-corrected chi connectivity index (χ2v) is 6.12. The molecule has 0 aliphatic carbocycles. The Bertz CT molecular complexity index is 867. The topological polar surface area (TPSA) is 0 Å². The van der Waals surface area contributed by atoms with Crippen LogP contribution in [0.2, 0.25) is 0 Å². The smallest absolute Gasteiger partial charge is 0.133 e. The van der Waals surface area contributed by atoms with Crippen molar-refractivity contribution in [1.29, 1.82) is 0 Å². The third-order valence-corrected chi connectivity index (χ3v) is 4.30. The van der Waals surface area contributed by atoms with Gasteiger partial charge in [0.05, 0.1) is 0 Å². The van der Waals surface area contributed by atoms with Gasteiger partial charge in [0.2, 0.25) is 0 Å². The SMILES string of the molecule is CCCCc1ccc(-c2ccc(-c3ccc(F)cc3F)cc2F)cc1. The van der Waals surface area contributed by atoms with E-state index in [-0.39, 0.29) is 5.56 Å². The molecular formula is C22H19F3. The Morgan fingerprint density at radius 1 is 0.680 bits per heavy atom. The maximum absolute atomic E-state index is 14.5. The van der Waals surface area contributed by atoms with E-state index in [9.17, 15) is 13.2 Å². The third kappa shape index (κ3) is 3.93. The molecule has 0 N–H and O–H groups in total. The standard InChI is InChI=1S/C22H19F3/c1-2-3-4-15-5-7-16(8-6-15)19-11-9-17(13-21(19)24)20-12-10-18(23)14-22(20)25/h5-14H,2-4H2,1H3. The molecule has 0 aliphatic heterocycles. The second kappa shape index (κ2) is 7.56. The van der Waals surface area contributed by atoms with Crippen molar-refractivity contribution < 1.29 is 13.2 Å². The Balaban J connectivity index is 1.89. The van der Waals surface area contributed by atoms with Crippen LogP contribution < -0.4 is 0 Å². The Hall–Kier alpha value is -2.55. The molecule has 0 radical (unpaired) electrons. The molecule has 3 aromatic rings. The molecule has 3 heteroatoms. The lowest BCUT2D eigenvalue weighted by molar-refractivity contribution is 0.585. The van der Waals surface area contributed by atoms with Gasteiger partial charge in [-0.05, 0) is 47.7 Å². The summed E-state index contributed by atoms with van der Waals surface area (Å²) in [6.07, 6.45) is 3.28. The van der Waals surface area contributed by atoms with E-state index >= 15 is 0 Å². The molecule has 3 aromatic carbocycles. The monoisotopic (exact) mass is 340 g/mol. The average Bonchev–Trinajstić information content (AvgIpc) is 2.60. The van der Waals surface area contributed by atoms with Crippen LogP contribution in [0.3, 0.4) is 0 Å². The fourth-order valence-corrected chi connectivity index (χ4v) is 2.87. The fourth-order valence-electron chi connectivity index (χ4n) is 2.87. The van der Waals surface area contributed by atoms with Crippen LogP contribution in [0.5, 0.6) is 0 Å². The average molecular weight is 340 g/mol. The Kier molecular flexibility index (Phi) is 5.22. The van der Waals surface area contributed by atoms with Crippen LogP contribution >= 0.6 is 0 Å². The van der Waals surface area contributed by atoms with E-state index in [1.165, 1.54) is 23.8 Å². The van der Waals surface area contributed by atoms with Crippen molar-refractivity contribution in [2.75, 3.05) is 0 Å². The van der Waals surface area contributed by atoms with Gasteiger partial charge in [0.1, 0.15) is 17.5 Å². The summed E-state index contributed by atoms with van der Waals surface area (Å²) in [5, 5.41) is 0. The van der Waals surface area contributed by atoms with Gasteiger partial charge >= 0.3 is 0 Å². The predicted molar refractivity (Wildman–Crippen MR) is 95.8 cm³/mol. The van der Waals surface area contributed by atoms with E-state index in [1.807, 2.05) is 24.3 Å². The number of rotatable bonds is 5. The number of halogens is 3. The number of aryl methyl sites for hydroxylation is 1. The predicted octanol–water partition coefficient (Wildman–Crippen LogP) is 6.78. The molecule has 0 aromatic heterocycles. The molecule has 0 amide bonds. The number of benzene rings is 3. The highest BCUT2D eigenvalue weighted by Gasteiger charge is 2.11. The zero-order valence-corrected chi connectivity index (χ0v) is 14.0. The minimum Gasteiger partial charge on any atom is -0.207 e. The van der Waals surface area contributed by atoms with Crippen molar-refractivity contribution in [3.8, 4) is 22.3 Å². The molecule has 0 bridgehead atoms. The largest absolute Gasteiger partial charge is 0.207 e. The second-order valence-electron chi connectivity index (χ2n) is 6.12. The van der Waals surface area contributed by atoms with Gasteiger partial charge in [-0.25, -0.2) is 13.2 Å². The van der Waals surface area contributed by atoms with Crippen LogP contribution in [-0.4, -0.2) is 0 Å². The van der Waals surface area contributed by atoms with Crippen LogP contribution in [0.15, 0.2) is 60.7 Å². The zero-order valence-electron chi connectivity index (χ0n) is 14.0. The number of hydrogen-bond acceptors (Lipinski definition) is 0. The van der Waals surface area contributed by atoms with Crippen LogP contribution in [0.4, 0.5) is 13.2 Å². The molecule has 0 aliphatic rings. The third-order valence-electron chi connectivity index (χ3n) is 4.30. The fraction of sp³-hybridized carbons (Fsp3) is 0.182. The molecule has 3 rings (SSSR count). The van der Waals surface area contributed by atoms with Gasteiger partial charge in [-0.2, -0.15) is 0 Å². The molecule has 0 fully saturated rings. The Morgan fingerprint density at radius 2 is 1.28 bits per heavy atom. The van der Waals surface area contributed by atoms with E-state index < -0.39 is 17.5 Å². The lowest BCUT2D eigenvalue weighted by Crippen LogP contribution is -1.91. The van der Waals surface area contributed by atoms with Gasteiger partial charge in [0.25, 0.3) is 0 Å². The molecule has 0 unspecified atom stereocenters. The molecule has 0 heterocycles. The van der Waals surface area contributed by atoms with Gasteiger partial charge < -0.3 is 0 Å². The zero-order chi connectivity index (χ0) is 17.8. The van der Waals surface area contributed by atoms with E-state index in [1.54, 1.807) is 12.1 Å². The molecule has 0 nitrogen and oxygen atoms in total. The van der Waals surface area contributed by atoms with Crippen LogP contribution in [0.25, 0.3) is 22.3 Å². The van der Waals surface area contributed by atoms with Crippen LogP contribution in [0, 0.1) is 17.5 Å². The number of unbranched alkanes of at least 4 members (excludes halogenated alkanes) is 1. The molecule has 0 saturated carbocycles. The van der Waals surface area contributed by atoms with Gasteiger partial charge in [-0.1, -0.05) is 49.7 Å². The first-order chi connectivity index (χ1) is 12.1. The van der Waals surface area contributed by atoms with Crippen molar-refractivity contribution in [2.45, 2.75) is 26.2 Å². The highest BCUT2D eigenvalue weighted by Crippen LogP contribution is 2.30. The highest BCUT2D eigenvalue weighted by molar-refractivity contribution is 5.71. The van der Waals surface area contributed by atoms with E-state index in [2.05, 4.69) is 6.92 Å². The van der Waals surface area contributed by atoms with Crippen LogP contribution in [0.1, 0.15) is 25.3 Å². The lowest BCUT2D eigenvalue weighted by Gasteiger charge is -2.09. The van der Waals surface area contributed by atoms with Crippen molar-refractivity contribution >= 4 is 0 Å².